The minimum Gasteiger partial charge on any atom is -0.493 e. The van der Waals surface area contributed by atoms with Crippen molar-refractivity contribution in [1.29, 1.82) is 0 Å². The normalized spacial score (nSPS) is 19.8. The van der Waals surface area contributed by atoms with Crippen LogP contribution in [0.1, 0.15) is 35.1 Å². The summed E-state index contributed by atoms with van der Waals surface area (Å²) in [6.07, 6.45) is 8.96. The van der Waals surface area contributed by atoms with Crippen LogP contribution in [-0.4, -0.2) is 42.0 Å². The fourth-order valence-corrected chi connectivity index (χ4v) is 5.46. The predicted octanol–water partition coefficient (Wildman–Crippen LogP) is 4.45. The summed E-state index contributed by atoms with van der Waals surface area (Å²) in [5, 5.41) is 3.19. The molecule has 0 saturated carbocycles. The Morgan fingerprint density at radius 1 is 0.971 bits per heavy atom. The number of amides is 1. The van der Waals surface area contributed by atoms with E-state index in [1.807, 2.05) is 30.6 Å². The van der Waals surface area contributed by atoms with E-state index in [1.54, 1.807) is 0 Å². The van der Waals surface area contributed by atoms with Gasteiger partial charge in [-0.05, 0) is 78.6 Å². The van der Waals surface area contributed by atoms with Crippen LogP contribution in [0.25, 0.3) is 0 Å². The second-order valence-electron chi connectivity index (χ2n) is 9.97. The van der Waals surface area contributed by atoms with Gasteiger partial charge >= 0.3 is 0 Å². The van der Waals surface area contributed by atoms with Crippen LogP contribution in [0.15, 0.2) is 73.1 Å². The number of carbonyl (C=O) groups is 1. The summed E-state index contributed by atoms with van der Waals surface area (Å²) in [4.78, 5) is 19.7. The third-order valence-corrected chi connectivity index (χ3v) is 7.25. The molecular formula is C30H35N3O2. The Morgan fingerprint density at radius 2 is 1.80 bits per heavy atom. The molecule has 2 aliphatic rings. The standard InChI is InChI=1S/C30H35N3O2/c34-30(32-16-13-23-5-2-1-3-6-23)28-17-25(20-33(21-28)19-24-11-14-31-15-12-24)22-35-29-10-9-26-7-4-8-27(26)18-29/h1-3,5-6,9-12,14-15,18,25,28H,4,7-8,13,16-17,19-22H2,(H,32,34)/t25-,28+/m0/s1. The second kappa shape index (κ2) is 11.5. The lowest BCUT2D eigenvalue weighted by Crippen LogP contribution is -2.47. The number of rotatable bonds is 9. The fourth-order valence-electron chi connectivity index (χ4n) is 5.46. The Bertz CT molecular complexity index is 1100. The van der Waals surface area contributed by atoms with Gasteiger partial charge in [-0.2, -0.15) is 0 Å². The molecule has 1 fully saturated rings. The van der Waals surface area contributed by atoms with Crippen LogP contribution in [0.2, 0.25) is 0 Å². The Morgan fingerprint density at radius 3 is 2.66 bits per heavy atom. The molecule has 3 aromatic rings. The van der Waals surface area contributed by atoms with Gasteiger partial charge in [0.15, 0.2) is 0 Å². The van der Waals surface area contributed by atoms with Crippen molar-refractivity contribution in [3.63, 3.8) is 0 Å². The molecule has 1 aliphatic heterocycles. The first-order valence-corrected chi connectivity index (χ1v) is 12.9. The Balaban J connectivity index is 1.20. The first kappa shape index (κ1) is 23.6. The van der Waals surface area contributed by atoms with Gasteiger partial charge < -0.3 is 10.1 Å². The maximum absolute atomic E-state index is 13.1. The lowest BCUT2D eigenvalue weighted by Gasteiger charge is -2.37. The van der Waals surface area contributed by atoms with E-state index in [9.17, 15) is 4.79 Å². The molecule has 5 rings (SSSR count). The van der Waals surface area contributed by atoms with Crippen molar-refractivity contribution in [2.24, 2.45) is 11.8 Å². The van der Waals surface area contributed by atoms with Gasteiger partial charge in [0.1, 0.15) is 5.75 Å². The van der Waals surface area contributed by atoms with Gasteiger partial charge in [-0.3, -0.25) is 14.7 Å². The van der Waals surface area contributed by atoms with Crippen LogP contribution in [-0.2, 0) is 30.6 Å². The van der Waals surface area contributed by atoms with Crippen molar-refractivity contribution in [3.05, 3.63) is 95.3 Å². The van der Waals surface area contributed by atoms with Crippen LogP contribution in [0.5, 0.6) is 5.75 Å². The van der Waals surface area contributed by atoms with Crippen LogP contribution in [0.3, 0.4) is 0 Å². The lowest BCUT2D eigenvalue weighted by molar-refractivity contribution is -0.127. The predicted molar refractivity (Wildman–Crippen MR) is 138 cm³/mol. The summed E-state index contributed by atoms with van der Waals surface area (Å²) in [6, 6.07) is 21.0. The number of hydrogen-bond donors (Lipinski definition) is 1. The number of aromatic nitrogens is 1. The molecule has 0 bridgehead atoms. The van der Waals surface area contributed by atoms with Crippen molar-refractivity contribution in [2.45, 2.75) is 38.6 Å². The molecule has 0 spiro atoms. The molecule has 1 aromatic heterocycles. The summed E-state index contributed by atoms with van der Waals surface area (Å²) in [6.45, 7) is 3.83. The van der Waals surface area contributed by atoms with Crippen molar-refractivity contribution < 1.29 is 9.53 Å². The average Bonchev–Trinajstić information content (AvgIpc) is 3.37. The van der Waals surface area contributed by atoms with Gasteiger partial charge in [0.05, 0.1) is 12.5 Å². The molecule has 1 saturated heterocycles. The maximum atomic E-state index is 13.1. The van der Waals surface area contributed by atoms with Gasteiger partial charge in [0, 0.05) is 44.5 Å². The van der Waals surface area contributed by atoms with Gasteiger partial charge in [-0.25, -0.2) is 0 Å². The zero-order chi connectivity index (χ0) is 23.9. The fraction of sp³-hybridized carbons (Fsp3) is 0.400. The van der Waals surface area contributed by atoms with E-state index in [0.717, 1.165) is 44.6 Å². The number of hydrogen-bond acceptors (Lipinski definition) is 4. The molecule has 1 aliphatic carbocycles. The molecule has 182 valence electrons. The van der Waals surface area contributed by atoms with Gasteiger partial charge in [-0.15, -0.1) is 0 Å². The molecule has 2 atom stereocenters. The third-order valence-electron chi connectivity index (χ3n) is 7.25. The number of likely N-dealkylation sites (tertiary alicyclic amines) is 1. The molecule has 35 heavy (non-hydrogen) atoms. The van der Waals surface area contributed by atoms with Crippen molar-refractivity contribution in [2.75, 3.05) is 26.2 Å². The highest BCUT2D eigenvalue weighted by molar-refractivity contribution is 5.79. The molecule has 0 radical (unpaired) electrons. The highest BCUT2D eigenvalue weighted by Gasteiger charge is 2.32. The third kappa shape index (κ3) is 6.49. The number of piperidine rings is 1. The minimum absolute atomic E-state index is 0.0324. The highest BCUT2D eigenvalue weighted by Crippen LogP contribution is 2.28. The minimum atomic E-state index is -0.0324. The Kier molecular flexibility index (Phi) is 7.74. The first-order chi connectivity index (χ1) is 17.2. The summed E-state index contributed by atoms with van der Waals surface area (Å²) < 4.78 is 6.27. The number of carbonyl (C=O) groups excluding carboxylic acids is 1. The molecule has 2 heterocycles. The zero-order valence-corrected chi connectivity index (χ0v) is 20.4. The number of aryl methyl sites for hydroxylation is 2. The van der Waals surface area contributed by atoms with E-state index in [0.29, 0.717) is 19.1 Å². The van der Waals surface area contributed by atoms with Crippen LogP contribution in [0, 0.1) is 11.8 Å². The maximum Gasteiger partial charge on any atom is 0.224 e. The molecule has 1 N–H and O–H groups in total. The van der Waals surface area contributed by atoms with Crippen LogP contribution >= 0.6 is 0 Å². The number of nitrogens with zero attached hydrogens (tertiary/aromatic N) is 2. The van der Waals surface area contributed by atoms with E-state index in [-0.39, 0.29) is 11.8 Å². The molecule has 1 amide bonds. The number of nitrogens with one attached hydrogen (secondary N) is 1. The molecule has 2 aromatic carbocycles. The summed E-state index contributed by atoms with van der Waals surface area (Å²) in [5.74, 6) is 1.39. The van der Waals surface area contributed by atoms with E-state index in [1.165, 1.54) is 35.1 Å². The number of pyridine rings is 1. The molecule has 5 nitrogen and oxygen atoms in total. The quantitative estimate of drug-likeness (QED) is 0.503. The lowest BCUT2D eigenvalue weighted by atomic mass is 9.88. The topological polar surface area (TPSA) is 54.5 Å². The molecular weight excluding hydrogens is 434 g/mol. The van der Waals surface area contributed by atoms with Gasteiger partial charge in [0.2, 0.25) is 5.91 Å². The number of benzene rings is 2. The number of ether oxygens (including phenoxy) is 1. The van der Waals surface area contributed by atoms with E-state index < -0.39 is 0 Å². The molecule has 0 unspecified atom stereocenters. The van der Waals surface area contributed by atoms with Crippen LogP contribution < -0.4 is 10.1 Å². The second-order valence-corrected chi connectivity index (χ2v) is 9.97. The van der Waals surface area contributed by atoms with Gasteiger partial charge in [-0.1, -0.05) is 36.4 Å². The van der Waals surface area contributed by atoms with E-state index in [2.05, 4.69) is 57.7 Å². The van der Waals surface area contributed by atoms with E-state index >= 15 is 0 Å². The monoisotopic (exact) mass is 469 g/mol. The average molecular weight is 470 g/mol. The van der Waals surface area contributed by atoms with Crippen LogP contribution in [0.4, 0.5) is 0 Å². The van der Waals surface area contributed by atoms with E-state index in [4.69, 9.17) is 4.74 Å². The number of fused-ring (bicyclic) bond motifs is 1. The summed E-state index contributed by atoms with van der Waals surface area (Å²) in [5.41, 5.74) is 5.37. The van der Waals surface area contributed by atoms with Crippen molar-refractivity contribution in [1.82, 2.24) is 15.2 Å². The largest absolute Gasteiger partial charge is 0.493 e. The summed E-state index contributed by atoms with van der Waals surface area (Å²) in [7, 11) is 0. The molecule has 5 heteroatoms. The summed E-state index contributed by atoms with van der Waals surface area (Å²) >= 11 is 0. The first-order valence-electron chi connectivity index (χ1n) is 12.9. The Labute approximate surface area is 208 Å². The van der Waals surface area contributed by atoms with Crippen molar-refractivity contribution >= 4 is 5.91 Å². The van der Waals surface area contributed by atoms with Crippen molar-refractivity contribution in [3.8, 4) is 5.75 Å². The van der Waals surface area contributed by atoms with Gasteiger partial charge in [0.25, 0.3) is 0 Å². The highest BCUT2D eigenvalue weighted by atomic mass is 16.5. The zero-order valence-electron chi connectivity index (χ0n) is 20.4. The Hall–Kier alpha value is -3.18. The SMILES string of the molecule is O=C(NCCc1ccccc1)[C@@H]1C[C@H](COc2ccc3c(c2)CCC3)CN(Cc2ccncc2)C1. The smallest absolute Gasteiger partial charge is 0.224 e.